The van der Waals surface area contributed by atoms with Gasteiger partial charge in [-0.15, -0.1) is 0 Å². The summed E-state index contributed by atoms with van der Waals surface area (Å²) in [6.07, 6.45) is 3.42. The second-order valence-corrected chi connectivity index (χ2v) is 6.41. The van der Waals surface area contributed by atoms with Gasteiger partial charge in [0.25, 0.3) is 0 Å². The Bertz CT molecular complexity index is 491. The molecule has 0 amide bonds. The summed E-state index contributed by atoms with van der Waals surface area (Å²) in [5.74, 6) is 0. The number of rotatable bonds is 2. The summed E-state index contributed by atoms with van der Waals surface area (Å²) in [4.78, 5) is 0.194. The van der Waals surface area contributed by atoms with Gasteiger partial charge in [0.2, 0.25) is 0 Å². The van der Waals surface area contributed by atoms with Crippen molar-refractivity contribution >= 4 is 21.2 Å². The lowest BCUT2D eigenvalue weighted by Gasteiger charge is -2.13. The first-order valence-electron chi connectivity index (χ1n) is 5.41. The van der Waals surface area contributed by atoms with Gasteiger partial charge in [0, 0.05) is 0 Å². The van der Waals surface area contributed by atoms with E-state index in [-0.39, 0.29) is 15.8 Å². The SMILES string of the molecule is Nc1cccc(S(=O)(=O)C2CCCC2)c1N. The van der Waals surface area contributed by atoms with E-state index in [1.807, 2.05) is 0 Å². The maximum absolute atomic E-state index is 12.3. The molecule has 1 aliphatic rings. The molecule has 0 atom stereocenters. The fourth-order valence-electron chi connectivity index (χ4n) is 2.19. The molecule has 5 heteroatoms. The van der Waals surface area contributed by atoms with Crippen LogP contribution in [0.3, 0.4) is 0 Å². The van der Waals surface area contributed by atoms with Gasteiger partial charge in [0.05, 0.1) is 21.5 Å². The van der Waals surface area contributed by atoms with Crippen molar-refractivity contribution < 1.29 is 8.42 Å². The van der Waals surface area contributed by atoms with Crippen molar-refractivity contribution in [3.8, 4) is 0 Å². The zero-order valence-corrected chi connectivity index (χ0v) is 9.83. The highest BCUT2D eigenvalue weighted by molar-refractivity contribution is 7.92. The first kappa shape index (κ1) is 11.3. The Kier molecular flexibility index (Phi) is 2.80. The van der Waals surface area contributed by atoms with Gasteiger partial charge in [0.15, 0.2) is 9.84 Å². The molecule has 0 saturated heterocycles. The van der Waals surface area contributed by atoms with Crippen LogP contribution >= 0.6 is 0 Å². The molecule has 0 radical (unpaired) electrons. The first-order valence-corrected chi connectivity index (χ1v) is 6.96. The van der Waals surface area contributed by atoms with E-state index < -0.39 is 9.84 Å². The molecular weight excluding hydrogens is 224 g/mol. The van der Waals surface area contributed by atoms with Crippen molar-refractivity contribution in [3.05, 3.63) is 18.2 Å². The van der Waals surface area contributed by atoms with E-state index in [1.165, 1.54) is 0 Å². The first-order chi connectivity index (χ1) is 7.53. The van der Waals surface area contributed by atoms with Crippen LogP contribution in [0.4, 0.5) is 11.4 Å². The second kappa shape index (κ2) is 3.97. The number of anilines is 2. The van der Waals surface area contributed by atoms with Gasteiger partial charge in [-0.05, 0) is 25.0 Å². The predicted octanol–water partition coefficient (Wildman–Crippen LogP) is 1.57. The van der Waals surface area contributed by atoms with E-state index in [1.54, 1.807) is 18.2 Å². The van der Waals surface area contributed by atoms with Crippen molar-refractivity contribution in [2.24, 2.45) is 0 Å². The van der Waals surface area contributed by atoms with Crippen LogP contribution in [0.25, 0.3) is 0 Å². The van der Waals surface area contributed by atoms with E-state index in [0.29, 0.717) is 5.69 Å². The molecule has 0 aliphatic heterocycles. The maximum Gasteiger partial charge on any atom is 0.183 e. The monoisotopic (exact) mass is 240 g/mol. The van der Waals surface area contributed by atoms with E-state index in [9.17, 15) is 8.42 Å². The number of benzene rings is 1. The topological polar surface area (TPSA) is 86.2 Å². The summed E-state index contributed by atoms with van der Waals surface area (Å²) in [7, 11) is -3.30. The summed E-state index contributed by atoms with van der Waals surface area (Å²) in [6.45, 7) is 0. The molecule has 1 aromatic rings. The molecule has 88 valence electrons. The largest absolute Gasteiger partial charge is 0.397 e. The maximum atomic E-state index is 12.3. The Morgan fingerprint density at radius 3 is 2.38 bits per heavy atom. The van der Waals surface area contributed by atoms with Crippen LogP contribution in [0.15, 0.2) is 23.1 Å². The Morgan fingerprint density at radius 2 is 1.75 bits per heavy atom. The molecule has 4 nitrogen and oxygen atoms in total. The van der Waals surface area contributed by atoms with Gasteiger partial charge < -0.3 is 11.5 Å². The van der Waals surface area contributed by atoms with Crippen molar-refractivity contribution in [2.75, 3.05) is 11.5 Å². The molecule has 1 fully saturated rings. The molecule has 1 aromatic carbocycles. The van der Waals surface area contributed by atoms with E-state index in [4.69, 9.17) is 11.5 Å². The smallest absolute Gasteiger partial charge is 0.183 e. The van der Waals surface area contributed by atoms with Gasteiger partial charge in [0.1, 0.15) is 0 Å². The molecule has 2 rings (SSSR count). The minimum absolute atomic E-state index is 0.189. The molecule has 1 saturated carbocycles. The van der Waals surface area contributed by atoms with Gasteiger partial charge in [-0.2, -0.15) is 0 Å². The minimum atomic E-state index is -3.30. The predicted molar refractivity (Wildman–Crippen MR) is 64.7 cm³/mol. The summed E-state index contributed by atoms with van der Waals surface area (Å²) in [5.41, 5.74) is 11.9. The third-order valence-corrected chi connectivity index (χ3v) is 5.47. The summed E-state index contributed by atoms with van der Waals surface area (Å²) < 4.78 is 24.5. The highest BCUT2D eigenvalue weighted by Gasteiger charge is 2.31. The quantitative estimate of drug-likeness (QED) is 0.768. The van der Waals surface area contributed by atoms with Crippen LogP contribution in [0.1, 0.15) is 25.7 Å². The molecule has 1 aliphatic carbocycles. The minimum Gasteiger partial charge on any atom is -0.397 e. The zero-order valence-electron chi connectivity index (χ0n) is 9.02. The van der Waals surface area contributed by atoms with Crippen LogP contribution in [0.2, 0.25) is 0 Å². The normalized spacial score (nSPS) is 17.8. The number of hydrogen-bond donors (Lipinski definition) is 2. The van der Waals surface area contributed by atoms with Crippen LogP contribution in [-0.4, -0.2) is 13.7 Å². The molecule has 0 bridgehead atoms. The molecule has 4 N–H and O–H groups in total. The van der Waals surface area contributed by atoms with E-state index in [0.717, 1.165) is 25.7 Å². The average Bonchev–Trinajstić information content (AvgIpc) is 2.75. The van der Waals surface area contributed by atoms with Gasteiger partial charge in [-0.1, -0.05) is 18.9 Å². The van der Waals surface area contributed by atoms with E-state index in [2.05, 4.69) is 0 Å². The number of hydrogen-bond acceptors (Lipinski definition) is 4. The number of nitrogens with two attached hydrogens (primary N) is 2. The Balaban J connectivity index is 2.47. The van der Waals surface area contributed by atoms with Crippen LogP contribution in [0.5, 0.6) is 0 Å². The molecule has 0 unspecified atom stereocenters. The fraction of sp³-hybridized carbons (Fsp3) is 0.455. The number of nitrogen functional groups attached to an aromatic ring is 2. The molecule has 16 heavy (non-hydrogen) atoms. The van der Waals surface area contributed by atoms with Gasteiger partial charge in [-0.25, -0.2) is 8.42 Å². The van der Waals surface area contributed by atoms with Crippen molar-refractivity contribution in [2.45, 2.75) is 35.8 Å². The molecule has 0 spiro atoms. The van der Waals surface area contributed by atoms with Gasteiger partial charge >= 0.3 is 0 Å². The Morgan fingerprint density at radius 1 is 1.12 bits per heavy atom. The van der Waals surface area contributed by atoms with Crippen molar-refractivity contribution in [3.63, 3.8) is 0 Å². The highest BCUT2D eigenvalue weighted by Crippen LogP contribution is 2.33. The highest BCUT2D eigenvalue weighted by atomic mass is 32.2. The van der Waals surface area contributed by atoms with Crippen LogP contribution < -0.4 is 11.5 Å². The van der Waals surface area contributed by atoms with Crippen molar-refractivity contribution in [1.82, 2.24) is 0 Å². The van der Waals surface area contributed by atoms with Crippen LogP contribution in [-0.2, 0) is 9.84 Å². The zero-order chi connectivity index (χ0) is 11.8. The third kappa shape index (κ3) is 1.75. The summed E-state index contributed by atoms with van der Waals surface area (Å²) >= 11 is 0. The number of para-hydroxylation sites is 1. The third-order valence-electron chi connectivity index (χ3n) is 3.15. The molecular formula is C11H16N2O2S. The lowest BCUT2D eigenvalue weighted by Crippen LogP contribution is -2.19. The van der Waals surface area contributed by atoms with Crippen molar-refractivity contribution in [1.29, 1.82) is 0 Å². The second-order valence-electron chi connectivity index (χ2n) is 4.21. The lowest BCUT2D eigenvalue weighted by molar-refractivity contribution is 0.580. The number of sulfone groups is 1. The standard InChI is InChI=1S/C11H16N2O2S/c12-9-6-3-7-10(11(9)13)16(14,15)8-4-1-2-5-8/h3,6-8H,1-2,4-5,12-13H2. The average molecular weight is 240 g/mol. The summed E-state index contributed by atoms with van der Waals surface area (Å²) in [5, 5.41) is -0.281. The Hall–Kier alpha value is -1.23. The molecule has 0 heterocycles. The van der Waals surface area contributed by atoms with Gasteiger partial charge in [-0.3, -0.25) is 0 Å². The van der Waals surface area contributed by atoms with Crippen LogP contribution in [0, 0.1) is 0 Å². The lowest BCUT2D eigenvalue weighted by atomic mass is 10.3. The van der Waals surface area contributed by atoms with E-state index >= 15 is 0 Å². The fourth-order valence-corrected chi connectivity index (χ4v) is 4.19. The Labute approximate surface area is 95.6 Å². The summed E-state index contributed by atoms with van der Waals surface area (Å²) in [6, 6.07) is 4.79. The molecule has 0 aromatic heterocycles.